The minimum absolute atomic E-state index is 0.0675. The van der Waals surface area contributed by atoms with Gasteiger partial charge in [-0.2, -0.15) is 5.10 Å². The average Bonchev–Trinajstić information content (AvgIpc) is 3.00. The number of rotatable bonds is 2. The van der Waals surface area contributed by atoms with Crippen LogP contribution < -0.4 is 5.01 Å². The first kappa shape index (κ1) is 18.9. The van der Waals surface area contributed by atoms with Gasteiger partial charge in [0.1, 0.15) is 5.84 Å². The fourth-order valence-electron chi connectivity index (χ4n) is 4.05. The van der Waals surface area contributed by atoms with Crippen LogP contribution >= 0.6 is 34.8 Å². The van der Waals surface area contributed by atoms with E-state index in [9.17, 15) is 0 Å². The summed E-state index contributed by atoms with van der Waals surface area (Å²) < 4.78 is 0. The number of halogens is 3. The van der Waals surface area contributed by atoms with Gasteiger partial charge in [-0.25, -0.2) is 0 Å². The highest BCUT2D eigenvalue weighted by Crippen LogP contribution is 2.43. The second-order valence-corrected chi connectivity index (χ2v) is 8.51. The molecular weight excluding hydrogens is 401 g/mol. The normalized spacial score (nSPS) is 22.9. The molecule has 1 fully saturated rings. The molecule has 0 amide bonds. The van der Waals surface area contributed by atoms with Crippen LogP contribution in [0.25, 0.3) is 0 Å². The smallest absolute Gasteiger partial charge is 0.130 e. The van der Waals surface area contributed by atoms with E-state index in [0.29, 0.717) is 10.0 Å². The van der Waals surface area contributed by atoms with Crippen molar-refractivity contribution in [2.75, 3.05) is 18.1 Å². The summed E-state index contributed by atoms with van der Waals surface area (Å²) >= 11 is 18.8. The molecule has 2 heterocycles. The van der Waals surface area contributed by atoms with Gasteiger partial charge in [-0.3, -0.25) is 5.01 Å². The van der Waals surface area contributed by atoms with Crippen LogP contribution in [0.5, 0.6) is 0 Å². The van der Waals surface area contributed by atoms with Crippen LogP contribution in [-0.4, -0.2) is 23.8 Å². The lowest BCUT2D eigenvalue weighted by atomic mass is 9.92. The molecule has 0 aromatic heterocycles. The van der Waals surface area contributed by atoms with Crippen molar-refractivity contribution in [2.24, 2.45) is 11.0 Å². The molecule has 0 radical (unpaired) electrons. The van der Waals surface area contributed by atoms with E-state index in [2.05, 4.69) is 29.0 Å². The highest BCUT2D eigenvalue weighted by molar-refractivity contribution is 6.36. The third-order valence-corrected chi connectivity index (χ3v) is 6.19. The van der Waals surface area contributed by atoms with E-state index >= 15 is 0 Å². The Kier molecular flexibility index (Phi) is 5.54. The Labute approximate surface area is 175 Å². The Bertz CT molecular complexity index is 844. The van der Waals surface area contributed by atoms with Crippen LogP contribution in [0.3, 0.4) is 0 Å². The molecule has 0 unspecified atom stereocenters. The summed E-state index contributed by atoms with van der Waals surface area (Å²) in [5, 5.41) is 9.07. The molecule has 142 valence electrons. The van der Waals surface area contributed by atoms with Gasteiger partial charge < -0.3 is 4.90 Å². The zero-order valence-corrected chi connectivity index (χ0v) is 17.5. The quantitative estimate of drug-likeness (QED) is 0.540. The van der Waals surface area contributed by atoms with E-state index < -0.39 is 0 Å². The summed E-state index contributed by atoms with van der Waals surface area (Å²) in [4.78, 5) is 2.43. The molecule has 3 nitrogen and oxygen atoms in total. The fraction of sp³-hybridized carbons (Fsp3) is 0.381. The molecule has 0 saturated carbocycles. The van der Waals surface area contributed by atoms with Gasteiger partial charge in [0.25, 0.3) is 0 Å². The van der Waals surface area contributed by atoms with Crippen molar-refractivity contribution in [3.05, 3.63) is 63.1 Å². The number of anilines is 1. The highest BCUT2D eigenvalue weighted by atomic mass is 35.5. The zero-order chi connectivity index (χ0) is 19.0. The summed E-state index contributed by atoms with van der Waals surface area (Å²) in [7, 11) is 0. The van der Waals surface area contributed by atoms with Gasteiger partial charge in [-0.1, -0.05) is 53.9 Å². The third-order valence-electron chi connectivity index (χ3n) is 5.40. The first-order valence-electron chi connectivity index (χ1n) is 9.38. The lowest BCUT2D eigenvalue weighted by Crippen LogP contribution is -2.38. The van der Waals surface area contributed by atoms with Crippen LogP contribution in [0.15, 0.2) is 47.6 Å². The van der Waals surface area contributed by atoms with Crippen molar-refractivity contribution in [1.29, 1.82) is 0 Å². The molecule has 2 atom stereocenters. The Hall–Kier alpha value is -1.42. The van der Waals surface area contributed by atoms with Crippen molar-refractivity contribution in [2.45, 2.75) is 32.2 Å². The van der Waals surface area contributed by atoms with Gasteiger partial charge in [-0.05, 0) is 55.2 Å². The van der Waals surface area contributed by atoms with Gasteiger partial charge >= 0.3 is 0 Å². The number of amidine groups is 1. The lowest BCUT2D eigenvalue weighted by molar-refractivity contribution is 0.329. The van der Waals surface area contributed by atoms with Crippen molar-refractivity contribution >= 4 is 46.3 Å². The first-order chi connectivity index (χ1) is 13.0. The molecule has 6 heteroatoms. The Morgan fingerprint density at radius 3 is 2.22 bits per heavy atom. The average molecular weight is 423 g/mol. The Morgan fingerprint density at radius 2 is 1.56 bits per heavy atom. The minimum Gasteiger partial charge on any atom is -0.358 e. The van der Waals surface area contributed by atoms with Gasteiger partial charge in [0.2, 0.25) is 0 Å². The molecular formula is C21H22Cl3N3. The van der Waals surface area contributed by atoms with E-state index in [-0.39, 0.29) is 12.0 Å². The van der Waals surface area contributed by atoms with Gasteiger partial charge in [0.05, 0.1) is 16.8 Å². The molecule has 2 aromatic rings. The van der Waals surface area contributed by atoms with E-state index in [1.54, 1.807) is 6.07 Å². The molecule has 1 saturated heterocycles. The minimum atomic E-state index is 0.0675. The SMILES string of the molecule is C[C@@H]1C(N2CCCCC2)=NN(c2ccc(Cl)cc2Cl)[C@H]1c1ccc(Cl)cc1. The molecule has 0 aliphatic carbocycles. The lowest BCUT2D eigenvalue weighted by Gasteiger charge is -2.31. The predicted octanol–water partition coefficient (Wildman–Crippen LogP) is 6.64. The highest BCUT2D eigenvalue weighted by Gasteiger charge is 2.39. The number of nitrogens with zero attached hydrogens (tertiary/aromatic N) is 3. The van der Waals surface area contributed by atoms with Gasteiger partial charge in [0, 0.05) is 29.1 Å². The molecule has 4 rings (SSSR count). The molecule has 0 spiro atoms. The van der Waals surface area contributed by atoms with E-state index in [0.717, 1.165) is 29.6 Å². The number of piperidine rings is 1. The monoisotopic (exact) mass is 421 g/mol. The first-order valence-corrected chi connectivity index (χ1v) is 10.5. The topological polar surface area (TPSA) is 18.8 Å². The molecule has 0 bridgehead atoms. The number of likely N-dealkylation sites (tertiary alicyclic amines) is 1. The number of benzene rings is 2. The summed E-state index contributed by atoms with van der Waals surface area (Å²) in [5.74, 6) is 1.39. The molecule has 2 aliphatic heterocycles. The maximum absolute atomic E-state index is 6.54. The van der Waals surface area contributed by atoms with Crippen molar-refractivity contribution in [3.8, 4) is 0 Å². The number of hydrogen-bond donors (Lipinski definition) is 0. The van der Waals surface area contributed by atoms with Crippen LogP contribution in [0.4, 0.5) is 5.69 Å². The molecule has 2 aliphatic rings. The summed E-state index contributed by atoms with van der Waals surface area (Å²) in [6, 6.07) is 13.7. The standard InChI is InChI=1S/C21H22Cl3N3/c1-14-20(15-5-7-16(22)8-6-15)27(19-10-9-17(23)13-18(19)24)25-21(14)26-11-3-2-4-12-26/h5-10,13-14,20H,2-4,11-12H2,1H3/t14-,20+/m0/s1. The van der Waals surface area contributed by atoms with Crippen molar-refractivity contribution in [3.63, 3.8) is 0 Å². The Morgan fingerprint density at radius 1 is 0.889 bits per heavy atom. The second-order valence-electron chi connectivity index (χ2n) is 7.23. The zero-order valence-electron chi connectivity index (χ0n) is 15.2. The van der Waals surface area contributed by atoms with E-state index in [1.165, 1.54) is 24.8 Å². The molecule has 27 heavy (non-hydrogen) atoms. The molecule has 0 N–H and O–H groups in total. The van der Waals surface area contributed by atoms with Gasteiger partial charge in [-0.15, -0.1) is 0 Å². The van der Waals surface area contributed by atoms with Crippen molar-refractivity contribution < 1.29 is 0 Å². The fourth-order valence-corrected chi connectivity index (χ4v) is 4.67. The van der Waals surface area contributed by atoms with Gasteiger partial charge in [0.15, 0.2) is 0 Å². The summed E-state index contributed by atoms with van der Waals surface area (Å²) in [5.41, 5.74) is 2.05. The number of hydrogen-bond acceptors (Lipinski definition) is 3. The largest absolute Gasteiger partial charge is 0.358 e. The number of hydrazone groups is 1. The van der Waals surface area contributed by atoms with Crippen LogP contribution in [0.2, 0.25) is 15.1 Å². The second kappa shape index (κ2) is 7.90. The van der Waals surface area contributed by atoms with Crippen molar-refractivity contribution in [1.82, 2.24) is 4.90 Å². The maximum Gasteiger partial charge on any atom is 0.130 e. The van der Waals surface area contributed by atoms with E-state index in [4.69, 9.17) is 39.9 Å². The van der Waals surface area contributed by atoms with Crippen LogP contribution in [0, 0.1) is 5.92 Å². The maximum atomic E-state index is 6.54. The summed E-state index contributed by atoms with van der Waals surface area (Å²) in [6.45, 7) is 4.38. The van der Waals surface area contributed by atoms with E-state index in [1.807, 2.05) is 24.3 Å². The predicted molar refractivity (Wildman–Crippen MR) is 115 cm³/mol. The van der Waals surface area contributed by atoms with Crippen LogP contribution in [-0.2, 0) is 0 Å². The third kappa shape index (κ3) is 3.78. The molecule has 2 aromatic carbocycles. The Balaban J connectivity index is 1.76. The van der Waals surface area contributed by atoms with Crippen LogP contribution in [0.1, 0.15) is 37.8 Å². The summed E-state index contributed by atoms with van der Waals surface area (Å²) in [6.07, 6.45) is 3.74.